The van der Waals surface area contributed by atoms with Crippen molar-refractivity contribution >= 4 is 15.9 Å². The topological polar surface area (TPSA) is 49.4 Å². The molecule has 0 radical (unpaired) electrons. The second-order valence-corrected chi connectivity index (χ2v) is 5.67. The molecule has 0 saturated heterocycles. The Hall–Kier alpha value is -1.14. The first-order valence-electron chi connectivity index (χ1n) is 4.98. The van der Waals surface area contributed by atoms with E-state index in [1.165, 1.54) is 22.5 Å². The van der Waals surface area contributed by atoms with Crippen LogP contribution in [0.2, 0.25) is 0 Å². The lowest BCUT2D eigenvalue weighted by atomic mass is 10.1. The van der Waals surface area contributed by atoms with E-state index in [1.807, 2.05) is 0 Å². The maximum Gasteiger partial charge on any atom is 0.302 e. The van der Waals surface area contributed by atoms with Gasteiger partial charge in [0.05, 0.1) is 5.69 Å². The number of nitrogens with one attached hydrogen (secondary N) is 1. The molecule has 0 bridgehead atoms. The third-order valence-corrected chi connectivity index (χ3v) is 4.16. The van der Waals surface area contributed by atoms with Crippen LogP contribution >= 0.6 is 0 Å². The molecule has 0 saturated carbocycles. The van der Waals surface area contributed by atoms with E-state index in [0.717, 1.165) is 0 Å². The molecule has 16 heavy (non-hydrogen) atoms. The minimum Gasteiger partial charge on any atom is -0.271 e. The zero-order valence-corrected chi connectivity index (χ0v) is 9.88. The number of halogens is 1. The summed E-state index contributed by atoms with van der Waals surface area (Å²) in [5.41, 5.74) is 1.11. The number of benzene rings is 1. The molecule has 1 aromatic carbocycles. The van der Waals surface area contributed by atoms with Gasteiger partial charge < -0.3 is 0 Å². The highest BCUT2D eigenvalue weighted by Gasteiger charge is 2.30. The molecule has 1 heterocycles. The van der Waals surface area contributed by atoms with E-state index in [4.69, 9.17) is 0 Å². The van der Waals surface area contributed by atoms with Crippen molar-refractivity contribution in [2.24, 2.45) is 0 Å². The van der Waals surface area contributed by atoms with E-state index < -0.39 is 10.2 Å². The number of anilines is 1. The van der Waals surface area contributed by atoms with Crippen LogP contribution in [0.25, 0.3) is 0 Å². The maximum atomic E-state index is 13.0. The molecule has 0 atom stereocenters. The van der Waals surface area contributed by atoms with Gasteiger partial charge in [-0.25, -0.2) is 4.39 Å². The van der Waals surface area contributed by atoms with Gasteiger partial charge in [-0.1, -0.05) is 0 Å². The zero-order valence-electron chi connectivity index (χ0n) is 9.07. The molecular weight excluding hydrogens is 231 g/mol. The predicted molar refractivity (Wildman–Crippen MR) is 59.6 cm³/mol. The first-order chi connectivity index (χ1) is 7.40. The first-order valence-corrected chi connectivity index (χ1v) is 6.42. The van der Waals surface area contributed by atoms with E-state index in [1.54, 1.807) is 13.8 Å². The molecule has 1 aliphatic rings. The quantitative estimate of drug-likeness (QED) is 0.817. The normalized spacial score (nSPS) is 19.2. The molecule has 0 unspecified atom stereocenters. The summed E-state index contributed by atoms with van der Waals surface area (Å²) in [5, 5.41) is 0. The minimum absolute atomic E-state index is 0.158. The molecule has 88 valence electrons. The van der Waals surface area contributed by atoms with Gasteiger partial charge in [-0.15, -0.1) is 0 Å². The Labute approximate surface area is 94.3 Å². The Bertz CT molecular complexity index is 514. The summed E-state index contributed by atoms with van der Waals surface area (Å²) in [6.07, 6.45) is 0. The first kappa shape index (κ1) is 11.3. The molecule has 6 heteroatoms. The average molecular weight is 244 g/mol. The molecule has 0 fully saturated rings. The SMILES string of the molecule is CC(C)N1Cc2cc(F)ccc2NS1(=O)=O. The van der Waals surface area contributed by atoms with E-state index in [9.17, 15) is 12.8 Å². The van der Waals surface area contributed by atoms with Gasteiger partial charge in [0, 0.05) is 12.6 Å². The summed E-state index contributed by atoms with van der Waals surface area (Å²) in [7, 11) is -3.49. The van der Waals surface area contributed by atoms with Crippen LogP contribution in [-0.4, -0.2) is 18.8 Å². The molecule has 0 amide bonds. The largest absolute Gasteiger partial charge is 0.302 e. The van der Waals surface area contributed by atoms with Crippen LogP contribution in [0.15, 0.2) is 18.2 Å². The van der Waals surface area contributed by atoms with E-state index in [0.29, 0.717) is 11.3 Å². The Balaban J connectivity index is 2.47. The van der Waals surface area contributed by atoms with E-state index in [-0.39, 0.29) is 18.4 Å². The smallest absolute Gasteiger partial charge is 0.271 e. The number of fused-ring (bicyclic) bond motifs is 1. The van der Waals surface area contributed by atoms with Crippen molar-refractivity contribution in [1.82, 2.24) is 4.31 Å². The van der Waals surface area contributed by atoms with Crippen molar-refractivity contribution in [2.75, 3.05) is 4.72 Å². The van der Waals surface area contributed by atoms with Crippen molar-refractivity contribution in [2.45, 2.75) is 26.4 Å². The number of rotatable bonds is 1. The Morgan fingerprint density at radius 3 is 2.75 bits per heavy atom. The number of hydrogen-bond donors (Lipinski definition) is 1. The Morgan fingerprint density at radius 1 is 1.44 bits per heavy atom. The highest BCUT2D eigenvalue weighted by molar-refractivity contribution is 7.90. The lowest BCUT2D eigenvalue weighted by Crippen LogP contribution is -2.43. The summed E-state index contributed by atoms with van der Waals surface area (Å²) < 4.78 is 40.3. The molecule has 1 aliphatic heterocycles. The van der Waals surface area contributed by atoms with Gasteiger partial charge in [-0.2, -0.15) is 12.7 Å². The maximum absolute atomic E-state index is 13.0. The van der Waals surface area contributed by atoms with Crippen molar-refractivity contribution in [3.8, 4) is 0 Å². The zero-order chi connectivity index (χ0) is 11.9. The molecule has 2 rings (SSSR count). The van der Waals surface area contributed by atoms with Crippen LogP contribution in [-0.2, 0) is 16.8 Å². The Morgan fingerprint density at radius 2 is 2.12 bits per heavy atom. The number of nitrogens with zero attached hydrogens (tertiary/aromatic N) is 1. The highest BCUT2D eigenvalue weighted by Crippen LogP contribution is 2.28. The van der Waals surface area contributed by atoms with Crippen molar-refractivity contribution in [3.05, 3.63) is 29.6 Å². The monoisotopic (exact) mass is 244 g/mol. The third kappa shape index (κ3) is 1.90. The highest BCUT2D eigenvalue weighted by atomic mass is 32.2. The van der Waals surface area contributed by atoms with Gasteiger partial charge in [-0.3, -0.25) is 4.72 Å². The van der Waals surface area contributed by atoms with E-state index >= 15 is 0 Å². The average Bonchev–Trinajstić information content (AvgIpc) is 2.16. The summed E-state index contributed by atoms with van der Waals surface area (Å²) in [6.45, 7) is 3.77. The molecule has 1 N–H and O–H groups in total. The summed E-state index contributed by atoms with van der Waals surface area (Å²) >= 11 is 0. The molecule has 4 nitrogen and oxygen atoms in total. The summed E-state index contributed by atoms with van der Waals surface area (Å²) in [6, 6.07) is 3.88. The van der Waals surface area contributed by atoms with Crippen molar-refractivity contribution in [3.63, 3.8) is 0 Å². The van der Waals surface area contributed by atoms with Crippen molar-refractivity contribution in [1.29, 1.82) is 0 Å². The standard InChI is InChI=1S/C10H13FN2O2S/c1-7(2)13-6-8-5-9(11)3-4-10(8)12-16(13,14)15/h3-5,7,12H,6H2,1-2H3. The fourth-order valence-electron chi connectivity index (χ4n) is 1.70. The van der Waals surface area contributed by atoms with Crippen LogP contribution in [0.3, 0.4) is 0 Å². The molecule has 0 spiro atoms. The van der Waals surface area contributed by atoms with Crippen LogP contribution in [0, 0.1) is 5.82 Å². The second kappa shape index (κ2) is 3.71. The van der Waals surface area contributed by atoms with Gasteiger partial charge in [0.1, 0.15) is 5.82 Å². The predicted octanol–water partition coefficient (Wildman–Crippen LogP) is 1.71. The molecular formula is C10H13FN2O2S. The van der Waals surface area contributed by atoms with Crippen LogP contribution in [0.5, 0.6) is 0 Å². The fourth-order valence-corrected chi connectivity index (χ4v) is 3.16. The van der Waals surface area contributed by atoms with E-state index in [2.05, 4.69) is 4.72 Å². The Kier molecular flexibility index (Phi) is 2.63. The minimum atomic E-state index is -3.49. The van der Waals surface area contributed by atoms with Gasteiger partial charge in [0.25, 0.3) is 0 Å². The van der Waals surface area contributed by atoms with Crippen LogP contribution in [0.4, 0.5) is 10.1 Å². The van der Waals surface area contributed by atoms with Gasteiger partial charge in [0.15, 0.2) is 0 Å². The van der Waals surface area contributed by atoms with Gasteiger partial charge in [-0.05, 0) is 37.6 Å². The van der Waals surface area contributed by atoms with Crippen LogP contribution in [0.1, 0.15) is 19.4 Å². The third-order valence-electron chi connectivity index (χ3n) is 2.52. The van der Waals surface area contributed by atoms with Gasteiger partial charge in [0.2, 0.25) is 0 Å². The molecule has 0 aliphatic carbocycles. The van der Waals surface area contributed by atoms with Crippen molar-refractivity contribution < 1.29 is 12.8 Å². The lowest BCUT2D eigenvalue weighted by molar-refractivity contribution is 0.346. The lowest BCUT2D eigenvalue weighted by Gasteiger charge is -2.31. The molecule has 1 aromatic rings. The molecule has 0 aromatic heterocycles. The van der Waals surface area contributed by atoms with Crippen LogP contribution < -0.4 is 4.72 Å². The fraction of sp³-hybridized carbons (Fsp3) is 0.400. The summed E-state index contributed by atoms with van der Waals surface area (Å²) in [4.78, 5) is 0. The second-order valence-electron chi connectivity index (χ2n) is 4.05. The summed E-state index contributed by atoms with van der Waals surface area (Å²) in [5.74, 6) is -0.358. The van der Waals surface area contributed by atoms with Gasteiger partial charge >= 0.3 is 10.2 Å². The number of hydrogen-bond acceptors (Lipinski definition) is 2.